The molecule has 1 N–H and O–H groups in total. The lowest BCUT2D eigenvalue weighted by atomic mass is 10.0. The lowest BCUT2D eigenvalue weighted by molar-refractivity contribution is 0.897. The van der Waals surface area contributed by atoms with E-state index in [9.17, 15) is 4.79 Å². The summed E-state index contributed by atoms with van der Waals surface area (Å²) in [5.74, 6) is 0.632. The lowest BCUT2D eigenvalue weighted by Crippen LogP contribution is -2.24. The van der Waals surface area contributed by atoms with Gasteiger partial charge in [-0.05, 0) is 30.0 Å². The summed E-state index contributed by atoms with van der Waals surface area (Å²) in [5, 5.41) is 0.552. The molecule has 1 aromatic carbocycles. The topological polar surface area (TPSA) is 61.9 Å². The number of benzene rings is 1. The van der Waals surface area contributed by atoms with E-state index in [4.69, 9.17) is 0 Å². The second-order valence-corrected chi connectivity index (χ2v) is 5.51. The van der Waals surface area contributed by atoms with Crippen LogP contribution in [0.1, 0.15) is 12.8 Å². The molecule has 0 atom stereocenters. The zero-order valence-corrected chi connectivity index (χ0v) is 12.1. The van der Waals surface area contributed by atoms with Crippen LogP contribution in [-0.2, 0) is 0 Å². The zero-order chi connectivity index (χ0) is 14.9. The Morgan fingerprint density at radius 1 is 1.05 bits per heavy atom. The van der Waals surface area contributed by atoms with Crippen LogP contribution < -0.4 is 10.5 Å². The smallest absolute Gasteiger partial charge is 0.262 e. The SMILES string of the molecule is O=c1[nH]c(N2CCCC2)nc2nccc(-c3ccccc3)c12. The first-order chi connectivity index (χ1) is 10.8. The lowest BCUT2D eigenvalue weighted by Gasteiger charge is -2.16. The number of hydrogen-bond acceptors (Lipinski definition) is 4. The number of pyridine rings is 1. The summed E-state index contributed by atoms with van der Waals surface area (Å²) in [7, 11) is 0. The van der Waals surface area contributed by atoms with E-state index >= 15 is 0 Å². The van der Waals surface area contributed by atoms with E-state index in [-0.39, 0.29) is 5.56 Å². The van der Waals surface area contributed by atoms with Crippen LogP contribution in [-0.4, -0.2) is 28.0 Å². The number of aromatic amines is 1. The van der Waals surface area contributed by atoms with Crippen LogP contribution in [0.5, 0.6) is 0 Å². The summed E-state index contributed by atoms with van der Waals surface area (Å²) < 4.78 is 0. The number of anilines is 1. The van der Waals surface area contributed by atoms with Gasteiger partial charge < -0.3 is 4.90 Å². The molecule has 0 saturated carbocycles. The first-order valence-corrected chi connectivity index (χ1v) is 7.52. The molecule has 5 nitrogen and oxygen atoms in total. The predicted molar refractivity (Wildman–Crippen MR) is 87.0 cm³/mol. The maximum absolute atomic E-state index is 12.6. The Morgan fingerprint density at radius 3 is 2.59 bits per heavy atom. The summed E-state index contributed by atoms with van der Waals surface area (Å²) in [6.45, 7) is 1.87. The molecule has 3 aromatic rings. The van der Waals surface area contributed by atoms with Crippen LogP contribution >= 0.6 is 0 Å². The quantitative estimate of drug-likeness (QED) is 0.788. The summed E-state index contributed by atoms with van der Waals surface area (Å²) >= 11 is 0. The molecule has 1 aliphatic rings. The van der Waals surface area contributed by atoms with Crippen molar-refractivity contribution in [2.24, 2.45) is 0 Å². The number of nitrogens with one attached hydrogen (secondary N) is 1. The van der Waals surface area contributed by atoms with Gasteiger partial charge in [-0.25, -0.2) is 4.98 Å². The zero-order valence-electron chi connectivity index (χ0n) is 12.1. The molecule has 5 heteroatoms. The molecule has 3 heterocycles. The van der Waals surface area contributed by atoms with Crippen molar-refractivity contribution in [3.63, 3.8) is 0 Å². The largest absolute Gasteiger partial charge is 0.342 e. The molecule has 2 aromatic heterocycles. The maximum atomic E-state index is 12.6. The summed E-state index contributed by atoms with van der Waals surface area (Å²) in [6.07, 6.45) is 3.99. The number of rotatable bonds is 2. The number of H-pyrrole nitrogens is 1. The maximum Gasteiger partial charge on any atom is 0.262 e. The van der Waals surface area contributed by atoms with Gasteiger partial charge in [0.05, 0.1) is 5.39 Å². The molecule has 0 radical (unpaired) electrons. The minimum Gasteiger partial charge on any atom is -0.342 e. The molecule has 22 heavy (non-hydrogen) atoms. The van der Waals surface area contributed by atoms with Crippen molar-refractivity contribution in [2.75, 3.05) is 18.0 Å². The molecule has 110 valence electrons. The van der Waals surface area contributed by atoms with Crippen molar-refractivity contribution in [1.29, 1.82) is 0 Å². The molecular weight excluding hydrogens is 276 g/mol. The van der Waals surface area contributed by atoms with Gasteiger partial charge in [-0.2, -0.15) is 4.98 Å². The van der Waals surface area contributed by atoms with Gasteiger partial charge in [0.2, 0.25) is 5.95 Å². The molecule has 1 saturated heterocycles. The van der Waals surface area contributed by atoms with Gasteiger partial charge in [0.25, 0.3) is 5.56 Å². The van der Waals surface area contributed by atoms with Gasteiger partial charge in [-0.1, -0.05) is 30.3 Å². The van der Waals surface area contributed by atoms with E-state index in [0.29, 0.717) is 17.0 Å². The average molecular weight is 292 g/mol. The Morgan fingerprint density at radius 2 is 1.82 bits per heavy atom. The highest BCUT2D eigenvalue weighted by Gasteiger charge is 2.17. The Labute approximate surface area is 127 Å². The highest BCUT2D eigenvalue weighted by molar-refractivity contribution is 5.92. The number of fused-ring (bicyclic) bond motifs is 1. The van der Waals surface area contributed by atoms with Crippen LogP contribution in [0.4, 0.5) is 5.95 Å². The second kappa shape index (κ2) is 5.26. The number of hydrogen-bond donors (Lipinski definition) is 1. The summed E-state index contributed by atoms with van der Waals surface area (Å²) in [5.41, 5.74) is 2.24. The Hall–Kier alpha value is -2.69. The summed E-state index contributed by atoms with van der Waals surface area (Å²) in [6, 6.07) is 11.7. The third kappa shape index (κ3) is 2.15. The third-order valence-corrected chi connectivity index (χ3v) is 4.09. The Bertz CT molecular complexity index is 867. The summed E-state index contributed by atoms with van der Waals surface area (Å²) in [4.78, 5) is 26.5. The highest BCUT2D eigenvalue weighted by atomic mass is 16.1. The third-order valence-electron chi connectivity index (χ3n) is 4.09. The van der Waals surface area contributed by atoms with Crippen LogP contribution in [0.3, 0.4) is 0 Å². The fraction of sp³-hybridized carbons (Fsp3) is 0.235. The second-order valence-electron chi connectivity index (χ2n) is 5.51. The molecular formula is C17H16N4O. The molecule has 1 fully saturated rings. The Balaban J connectivity index is 1.92. The molecule has 0 amide bonds. The van der Waals surface area contributed by atoms with Crippen LogP contribution in [0.15, 0.2) is 47.4 Å². The molecule has 0 unspecified atom stereocenters. The molecule has 0 spiro atoms. The normalized spacial score (nSPS) is 14.6. The first-order valence-electron chi connectivity index (χ1n) is 7.52. The van der Waals surface area contributed by atoms with Crippen molar-refractivity contribution < 1.29 is 0 Å². The van der Waals surface area contributed by atoms with Gasteiger partial charge in [0.1, 0.15) is 0 Å². The van der Waals surface area contributed by atoms with Crippen molar-refractivity contribution in [2.45, 2.75) is 12.8 Å². The Kier molecular flexibility index (Phi) is 3.11. The number of nitrogens with zero attached hydrogens (tertiary/aromatic N) is 3. The van der Waals surface area contributed by atoms with E-state index in [2.05, 4.69) is 19.9 Å². The van der Waals surface area contributed by atoms with Crippen molar-refractivity contribution in [3.8, 4) is 11.1 Å². The van der Waals surface area contributed by atoms with Crippen LogP contribution in [0.2, 0.25) is 0 Å². The van der Waals surface area contributed by atoms with Crippen LogP contribution in [0, 0.1) is 0 Å². The predicted octanol–water partition coefficient (Wildman–Crippen LogP) is 2.59. The number of aromatic nitrogens is 3. The minimum atomic E-state index is -0.126. The highest BCUT2D eigenvalue weighted by Crippen LogP contribution is 2.25. The van der Waals surface area contributed by atoms with Gasteiger partial charge in [-0.15, -0.1) is 0 Å². The fourth-order valence-electron chi connectivity index (χ4n) is 2.99. The van der Waals surface area contributed by atoms with E-state index in [1.807, 2.05) is 36.4 Å². The van der Waals surface area contributed by atoms with E-state index in [0.717, 1.165) is 37.1 Å². The van der Waals surface area contributed by atoms with Gasteiger partial charge >= 0.3 is 0 Å². The van der Waals surface area contributed by atoms with Gasteiger partial charge in [0, 0.05) is 19.3 Å². The van der Waals surface area contributed by atoms with Crippen LogP contribution in [0.25, 0.3) is 22.2 Å². The standard InChI is InChI=1S/C17H16N4O/c22-16-14-13(12-6-2-1-3-7-12)8-9-18-15(14)19-17(20-16)21-10-4-5-11-21/h1-3,6-9H,4-5,10-11H2,(H,18,19,20,22). The van der Waals surface area contributed by atoms with Crippen molar-refractivity contribution in [1.82, 2.24) is 15.0 Å². The first kappa shape index (κ1) is 13.0. The molecule has 4 rings (SSSR count). The fourth-order valence-corrected chi connectivity index (χ4v) is 2.99. The average Bonchev–Trinajstić information content (AvgIpc) is 3.09. The van der Waals surface area contributed by atoms with E-state index in [1.165, 1.54) is 0 Å². The monoisotopic (exact) mass is 292 g/mol. The van der Waals surface area contributed by atoms with Crippen molar-refractivity contribution in [3.05, 3.63) is 52.9 Å². The van der Waals surface area contributed by atoms with E-state index in [1.54, 1.807) is 6.20 Å². The minimum absolute atomic E-state index is 0.126. The van der Waals surface area contributed by atoms with Crippen molar-refractivity contribution >= 4 is 17.0 Å². The van der Waals surface area contributed by atoms with E-state index < -0.39 is 0 Å². The molecule has 0 bridgehead atoms. The molecule has 1 aliphatic heterocycles. The molecule has 0 aliphatic carbocycles. The van der Waals surface area contributed by atoms with Gasteiger partial charge in [-0.3, -0.25) is 9.78 Å². The van der Waals surface area contributed by atoms with Gasteiger partial charge in [0.15, 0.2) is 5.65 Å².